The minimum Gasteiger partial charge on any atom is -0.312 e. The van der Waals surface area contributed by atoms with Crippen LogP contribution in [0.5, 0.6) is 0 Å². The topological polar surface area (TPSA) is 15.3 Å². The molecule has 0 bridgehead atoms. The number of nitrogens with zero attached hydrogens (tertiary/aromatic N) is 1. The Morgan fingerprint density at radius 3 is 2.55 bits per heavy atom. The SMILES string of the molecule is CCC(C)C1CN(C2CCCCC2C(C)C)CCCN1. The van der Waals surface area contributed by atoms with Crippen molar-refractivity contribution in [3.05, 3.63) is 0 Å². The van der Waals surface area contributed by atoms with Crippen molar-refractivity contribution in [1.29, 1.82) is 0 Å². The second-order valence-corrected chi connectivity index (χ2v) is 7.55. The summed E-state index contributed by atoms with van der Waals surface area (Å²) in [6.45, 7) is 13.4. The van der Waals surface area contributed by atoms with Crippen LogP contribution in [0.4, 0.5) is 0 Å². The Bertz CT molecular complexity index is 277. The first-order valence-electron chi connectivity index (χ1n) is 9.11. The summed E-state index contributed by atoms with van der Waals surface area (Å²) in [6, 6.07) is 1.56. The van der Waals surface area contributed by atoms with Gasteiger partial charge in [-0.1, -0.05) is 47.0 Å². The molecule has 1 aliphatic heterocycles. The van der Waals surface area contributed by atoms with Crippen molar-refractivity contribution in [2.45, 2.75) is 78.3 Å². The van der Waals surface area contributed by atoms with E-state index in [0.29, 0.717) is 6.04 Å². The molecule has 4 unspecified atom stereocenters. The van der Waals surface area contributed by atoms with Gasteiger partial charge in [-0.2, -0.15) is 0 Å². The lowest BCUT2D eigenvalue weighted by Crippen LogP contribution is -2.49. The van der Waals surface area contributed by atoms with Gasteiger partial charge in [-0.3, -0.25) is 4.90 Å². The molecule has 0 aromatic carbocycles. The van der Waals surface area contributed by atoms with E-state index in [4.69, 9.17) is 0 Å². The predicted molar refractivity (Wildman–Crippen MR) is 88.0 cm³/mol. The number of hydrogen-bond acceptors (Lipinski definition) is 2. The lowest BCUT2D eigenvalue weighted by molar-refractivity contribution is 0.0723. The average molecular weight is 280 g/mol. The number of rotatable bonds is 4. The summed E-state index contributed by atoms with van der Waals surface area (Å²) in [5.41, 5.74) is 0. The van der Waals surface area contributed by atoms with E-state index in [0.717, 1.165) is 23.8 Å². The molecule has 2 heteroatoms. The fourth-order valence-electron chi connectivity index (χ4n) is 4.32. The number of hydrogen-bond donors (Lipinski definition) is 1. The van der Waals surface area contributed by atoms with Crippen molar-refractivity contribution in [3.63, 3.8) is 0 Å². The van der Waals surface area contributed by atoms with Crippen molar-refractivity contribution in [2.24, 2.45) is 17.8 Å². The zero-order chi connectivity index (χ0) is 14.5. The zero-order valence-corrected chi connectivity index (χ0v) is 14.2. The second kappa shape index (κ2) is 7.79. The highest BCUT2D eigenvalue weighted by molar-refractivity contribution is 4.89. The Labute approximate surface area is 126 Å². The zero-order valence-electron chi connectivity index (χ0n) is 14.2. The Morgan fingerprint density at radius 2 is 1.85 bits per heavy atom. The normalized spacial score (nSPS) is 35.0. The van der Waals surface area contributed by atoms with Crippen LogP contribution in [0.1, 0.15) is 66.2 Å². The summed E-state index contributed by atoms with van der Waals surface area (Å²) in [7, 11) is 0. The van der Waals surface area contributed by atoms with Crippen LogP contribution in [0.15, 0.2) is 0 Å². The molecule has 20 heavy (non-hydrogen) atoms. The second-order valence-electron chi connectivity index (χ2n) is 7.55. The van der Waals surface area contributed by atoms with Crippen LogP contribution in [0.3, 0.4) is 0 Å². The monoisotopic (exact) mass is 280 g/mol. The molecule has 2 nitrogen and oxygen atoms in total. The highest BCUT2D eigenvalue weighted by Gasteiger charge is 2.34. The van der Waals surface area contributed by atoms with Crippen molar-refractivity contribution < 1.29 is 0 Å². The summed E-state index contributed by atoms with van der Waals surface area (Å²) in [4.78, 5) is 2.86. The van der Waals surface area contributed by atoms with Crippen LogP contribution in [-0.4, -0.2) is 36.6 Å². The molecule has 0 amide bonds. The van der Waals surface area contributed by atoms with E-state index in [-0.39, 0.29) is 0 Å². The predicted octanol–water partition coefficient (Wildman–Crippen LogP) is 3.91. The lowest BCUT2D eigenvalue weighted by atomic mass is 9.77. The summed E-state index contributed by atoms with van der Waals surface area (Å²) in [5, 5.41) is 3.80. The third-order valence-electron chi connectivity index (χ3n) is 5.90. The summed E-state index contributed by atoms with van der Waals surface area (Å²) >= 11 is 0. The van der Waals surface area contributed by atoms with Crippen molar-refractivity contribution in [2.75, 3.05) is 19.6 Å². The van der Waals surface area contributed by atoms with Crippen LogP contribution in [0, 0.1) is 17.8 Å². The Morgan fingerprint density at radius 1 is 1.10 bits per heavy atom. The van der Waals surface area contributed by atoms with Gasteiger partial charge in [0.2, 0.25) is 0 Å². The van der Waals surface area contributed by atoms with Gasteiger partial charge in [-0.15, -0.1) is 0 Å². The van der Waals surface area contributed by atoms with Crippen LogP contribution in [0.2, 0.25) is 0 Å². The molecular formula is C18H36N2. The molecule has 1 saturated heterocycles. The third-order valence-corrected chi connectivity index (χ3v) is 5.90. The smallest absolute Gasteiger partial charge is 0.0220 e. The standard InChI is InChI=1S/C18H36N2/c1-5-15(4)17-13-20(12-8-11-19-17)18-10-7-6-9-16(18)14(2)3/h14-19H,5-13H2,1-4H3. The van der Waals surface area contributed by atoms with E-state index in [1.807, 2.05) is 0 Å². The minimum absolute atomic E-state index is 0.706. The maximum atomic E-state index is 3.80. The van der Waals surface area contributed by atoms with Gasteiger partial charge >= 0.3 is 0 Å². The first-order chi connectivity index (χ1) is 9.63. The molecule has 1 aliphatic carbocycles. The van der Waals surface area contributed by atoms with Gasteiger partial charge < -0.3 is 5.32 Å². The lowest BCUT2D eigenvalue weighted by Gasteiger charge is -2.43. The molecule has 2 rings (SSSR count). The van der Waals surface area contributed by atoms with Crippen LogP contribution in [0.25, 0.3) is 0 Å². The van der Waals surface area contributed by atoms with Gasteiger partial charge in [0.1, 0.15) is 0 Å². The molecule has 2 fully saturated rings. The van der Waals surface area contributed by atoms with Crippen LogP contribution in [-0.2, 0) is 0 Å². The summed E-state index contributed by atoms with van der Waals surface area (Å²) in [5.74, 6) is 2.58. The van der Waals surface area contributed by atoms with Gasteiger partial charge in [-0.05, 0) is 50.1 Å². The van der Waals surface area contributed by atoms with Crippen molar-refractivity contribution in [1.82, 2.24) is 10.2 Å². The van der Waals surface area contributed by atoms with E-state index < -0.39 is 0 Å². The summed E-state index contributed by atoms with van der Waals surface area (Å²) in [6.07, 6.45) is 8.43. The van der Waals surface area contributed by atoms with E-state index in [1.54, 1.807) is 0 Å². The van der Waals surface area contributed by atoms with Crippen LogP contribution >= 0.6 is 0 Å². The maximum absolute atomic E-state index is 3.80. The van der Waals surface area contributed by atoms with E-state index in [1.165, 1.54) is 58.2 Å². The molecule has 0 spiro atoms. The molecule has 1 saturated carbocycles. The molecule has 0 radical (unpaired) electrons. The largest absolute Gasteiger partial charge is 0.312 e. The molecule has 2 aliphatic rings. The van der Waals surface area contributed by atoms with E-state index in [2.05, 4.69) is 37.9 Å². The quantitative estimate of drug-likeness (QED) is 0.840. The molecule has 1 heterocycles. The fourth-order valence-corrected chi connectivity index (χ4v) is 4.32. The van der Waals surface area contributed by atoms with Crippen molar-refractivity contribution >= 4 is 0 Å². The van der Waals surface area contributed by atoms with Crippen LogP contribution < -0.4 is 5.32 Å². The first kappa shape index (κ1) is 16.3. The Kier molecular flexibility index (Phi) is 6.35. The Hall–Kier alpha value is -0.0800. The summed E-state index contributed by atoms with van der Waals surface area (Å²) < 4.78 is 0. The van der Waals surface area contributed by atoms with Crippen molar-refractivity contribution in [3.8, 4) is 0 Å². The molecule has 4 atom stereocenters. The third kappa shape index (κ3) is 3.98. The minimum atomic E-state index is 0.706. The molecular weight excluding hydrogens is 244 g/mol. The van der Waals surface area contributed by atoms with Gasteiger partial charge in [-0.25, -0.2) is 0 Å². The van der Waals surface area contributed by atoms with Gasteiger partial charge in [0.15, 0.2) is 0 Å². The number of nitrogens with one attached hydrogen (secondary N) is 1. The molecule has 0 aromatic rings. The van der Waals surface area contributed by atoms with Gasteiger partial charge in [0, 0.05) is 18.6 Å². The first-order valence-corrected chi connectivity index (χ1v) is 9.11. The maximum Gasteiger partial charge on any atom is 0.0220 e. The molecule has 1 N–H and O–H groups in total. The highest BCUT2D eigenvalue weighted by atomic mass is 15.2. The highest BCUT2D eigenvalue weighted by Crippen LogP contribution is 2.34. The van der Waals surface area contributed by atoms with E-state index in [9.17, 15) is 0 Å². The Balaban J connectivity index is 2.04. The molecule has 0 aromatic heterocycles. The van der Waals surface area contributed by atoms with Gasteiger partial charge in [0.25, 0.3) is 0 Å². The van der Waals surface area contributed by atoms with E-state index >= 15 is 0 Å². The fraction of sp³-hybridized carbons (Fsp3) is 1.00. The van der Waals surface area contributed by atoms with Gasteiger partial charge in [0.05, 0.1) is 0 Å². The average Bonchev–Trinajstić information content (AvgIpc) is 2.72. The molecule has 118 valence electrons.